The molecule has 0 unspecified atom stereocenters. The molecule has 16 heavy (non-hydrogen) atoms. The van der Waals surface area contributed by atoms with Crippen LogP contribution in [-0.4, -0.2) is 0 Å². The van der Waals surface area contributed by atoms with E-state index in [0.29, 0.717) is 0 Å². The maximum absolute atomic E-state index is 5.64. The van der Waals surface area contributed by atoms with E-state index >= 15 is 0 Å². The van der Waals surface area contributed by atoms with Gasteiger partial charge < -0.3 is 5.73 Å². The molecule has 82 valence electrons. The first-order valence-electron chi connectivity index (χ1n) is 4.97. The molecule has 0 saturated carbocycles. The van der Waals surface area contributed by atoms with Gasteiger partial charge in [0.2, 0.25) is 0 Å². The van der Waals surface area contributed by atoms with Crippen LogP contribution in [0.15, 0.2) is 57.9 Å². The lowest BCUT2D eigenvalue weighted by Crippen LogP contribution is -1.85. The van der Waals surface area contributed by atoms with Gasteiger partial charge in [-0.15, -0.1) is 11.8 Å². The Labute approximate surface area is 108 Å². The highest BCUT2D eigenvalue weighted by Crippen LogP contribution is 2.29. The average Bonchev–Trinajstić information content (AvgIpc) is 2.30. The minimum Gasteiger partial charge on any atom is -0.399 e. The zero-order valence-corrected chi connectivity index (χ0v) is 11.1. The minimum atomic E-state index is 0.814. The Morgan fingerprint density at radius 1 is 1.00 bits per heavy atom. The van der Waals surface area contributed by atoms with Crippen LogP contribution in [0.4, 0.5) is 5.69 Å². The summed E-state index contributed by atoms with van der Waals surface area (Å²) in [5.41, 5.74) is 7.75. The number of rotatable bonds is 3. The fourth-order valence-corrected chi connectivity index (χ4v) is 2.86. The van der Waals surface area contributed by atoms with Crippen LogP contribution in [0.2, 0.25) is 0 Å². The van der Waals surface area contributed by atoms with Crippen LogP contribution in [0, 0.1) is 0 Å². The lowest BCUT2D eigenvalue weighted by atomic mass is 10.2. The highest BCUT2D eigenvalue weighted by atomic mass is 79.9. The molecule has 2 aromatic carbocycles. The first kappa shape index (κ1) is 11.6. The van der Waals surface area contributed by atoms with Crippen LogP contribution in [0.5, 0.6) is 0 Å². The lowest BCUT2D eigenvalue weighted by molar-refractivity contribution is 1.36. The van der Waals surface area contributed by atoms with E-state index in [4.69, 9.17) is 5.73 Å². The fourth-order valence-electron chi connectivity index (χ4n) is 1.34. The van der Waals surface area contributed by atoms with Crippen LogP contribution < -0.4 is 5.73 Å². The smallest absolute Gasteiger partial charge is 0.0314 e. The number of nitrogen functional groups attached to an aromatic ring is 1. The molecular weight excluding hydrogens is 282 g/mol. The summed E-state index contributed by atoms with van der Waals surface area (Å²) in [6.07, 6.45) is 0. The number of hydrogen-bond acceptors (Lipinski definition) is 2. The van der Waals surface area contributed by atoms with Gasteiger partial charge in [0.15, 0.2) is 0 Å². The predicted molar refractivity (Wildman–Crippen MR) is 74.6 cm³/mol. The van der Waals surface area contributed by atoms with Crippen molar-refractivity contribution in [3.05, 3.63) is 58.6 Å². The fraction of sp³-hybridized carbons (Fsp3) is 0.0769. The molecule has 0 aliphatic heterocycles. The Morgan fingerprint density at radius 3 is 2.38 bits per heavy atom. The topological polar surface area (TPSA) is 26.0 Å². The van der Waals surface area contributed by atoms with Crippen molar-refractivity contribution in [3.63, 3.8) is 0 Å². The maximum atomic E-state index is 5.64. The van der Waals surface area contributed by atoms with E-state index in [0.717, 1.165) is 15.9 Å². The van der Waals surface area contributed by atoms with Gasteiger partial charge in [0, 0.05) is 20.8 Å². The molecule has 0 bridgehead atoms. The van der Waals surface area contributed by atoms with E-state index in [1.54, 1.807) is 0 Å². The first-order valence-corrected chi connectivity index (χ1v) is 6.75. The Kier molecular flexibility index (Phi) is 3.91. The van der Waals surface area contributed by atoms with Crippen molar-refractivity contribution in [1.29, 1.82) is 0 Å². The van der Waals surface area contributed by atoms with Gasteiger partial charge in [-0.25, -0.2) is 0 Å². The highest BCUT2D eigenvalue weighted by molar-refractivity contribution is 9.10. The second-order valence-electron chi connectivity index (χ2n) is 3.46. The van der Waals surface area contributed by atoms with Gasteiger partial charge in [0.1, 0.15) is 0 Å². The van der Waals surface area contributed by atoms with Crippen LogP contribution in [0.3, 0.4) is 0 Å². The molecule has 0 spiro atoms. The van der Waals surface area contributed by atoms with Crippen molar-refractivity contribution in [3.8, 4) is 0 Å². The molecule has 0 aliphatic rings. The maximum Gasteiger partial charge on any atom is 0.0314 e. The Bertz CT molecular complexity index is 468. The van der Waals surface area contributed by atoms with Crippen LogP contribution in [0.1, 0.15) is 5.56 Å². The van der Waals surface area contributed by atoms with Gasteiger partial charge in [-0.1, -0.05) is 24.3 Å². The van der Waals surface area contributed by atoms with Crippen molar-refractivity contribution in [1.82, 2.24) is 0 Å². The standard InChI is InChI=1S/C13H12BrNS/c14-12-3-1-2-4-13(12)16-9-10-5-7-11(15)8-6-10/h1-8H,9,15H2. The molecule has 0 aromatic heterocycles. The van der Waals surface area contributed by atoms with E-state index in [2.05, 4.69) is 46.3 Å². The summed E-state index contributed by atoms with van der Waals surface area (Å²) in [6, 6.07) is 16.3. The largest absolute Gasteiger partial charge is 0.399 e. The van der Waals surface area contributed by atoms with Gasteiger partial charge >= 0.3 is 0 Å². The van der Waals surface area contributed by atoms with E-state index in [1.807, 2.05) is 30.0 Å². The molecular formula is C13H12BrNS. The summed E-state index contributed by atoms with van der Waals surface area (Å²) in [7, 11) is 0. The third-order valence-corrected chi connectivity index (χ3v) is 4.31. The van der Waals surface area contributed by atoms with Crippen molar-refractivity contribution in [2.75, 3.05) is 5.73 Å². The number of nitrogens with two attached hydrogens (primary N) is 1. The SMILES string of the molecule is Nc1ccc(CSc2ccccc2Br)cc1. The molecule has 0 aliphatic carbocycles. The molecule has 2 aromatic rings. The second kappa shape index (κ2) is 5.41. The zero-order valence-electron chi connectivity index (χ0n) is 8.69. The molecule has 1 nitrogen and oxygen atoms in total. The van der Waals surface area contributed by atoms with Crippen LogP contribution in [0.25, 0.3) is 0 Å². The van der Waals surface area contributed by atoms with Gasteiger partial charge in [-0.3, -0.25) is 0 Å². The van der Waals surface area contributed by atoms with E-state index in [-0.39, 0.29) is 0 Å². The summed E-state index contributed by atoms with van der Waals surface area (Å²) in [5, 5.41) is 0. The predicted octanol–water partition coefficient (Wildman–Crippen LogP) is 4.32. The molecule has 0 fully saturated rings. The molecule has 0 saturated heterocycles. The lowest BCUT2D eigenvalue weighted by Gasteiger charge is -2.04. The number of thioether (sulfide) groups is 1. The normalized spacial score (nSPS) is 10.3. The Balaban J connectivity index is 2.02. The molecule has 0 amide bonds. The van der Waals surface area contributed by atoms with Crippen LogP contribution in [-0.2, 0) is 5.75 Å². The molecule has 0 atom stereocenters. The minimum absolute atomic E-state index is 0.814. The summed E-state index contributed by atoms with van der Waals surface area (Å²) >= 11 is 5.36. The Hall–Kier alpha value is -0.930. The van der Waals surface area contributed by atoms with E-state index < -0.39 is 0 Å². The summed E-state index contributed by atoms with van der Waals surface area (Å²) in [4.78, 5) is 1.26. The van der Waals surface area contributed by atoms with Crippen LogP contribution >= 0.6 is 27.7 Å². The van der Waals surface area contributed by atoms with E-state index in [1.165, 1.54) is 10.5 Å². The third-order valence-electron chi connectivity index (χ3n) is 2.21. The van der Waals surface area contributed by atoms with Crippen molar-refractivity contribution >= 4 is 33.4 Å². The summed E-state index contributed by atoms with van der Waals surface area (Å²) < 4.78 is 1.15. The van der Waals surface area contributed by atoms with Crippen molar-refractivity contribution < 1.29 is 0 Å². The zero-order chi connectivity index (χ0) is 11.4. The summed E-state index contributed by atoms with van der Waals surface area (Å²) in [6.45, 7) is 0. The molecule has 2 N–H and O–H groups in total. The Morgan fingerprint density at radius 2 is 1.69 bits per heavy atom. The number of hydrogen-bond donors (Lipinski definition) is 1. The quantitative estimate of drug-likeness (QED) is 0.674. The highest BCUT2D eigenvalue weighted by Gasteiger charge is 1.99. The number of halogens is 1. The number of benzene rings is 2. The second-order valence-corrected chi connectivity index (χ2v) is 5.33. The molecule has 0 heterocycles. The van der Waals surface area contributed by atoms with E-state index in [9.17, 15) is 0 Å². The molecule has 0 radical (unpaired) electrons. The average molecular weight is 294 g/mol. The number of anilines is 1. The third kappa shape index (κ3) is 3.03. The van der Waals surface area contributed by atoms with Gasteiger partial charge in [-0.05, 0) is 45.8 Å². The molecule has 3 heteroatoms. The first-order chi connectivity index (χ1) is 7.75. The molecule has 2 rings (SSSR count). The van der Waals surface area contributed by atoms with Gasteiger partial charge in [-0.2, -0.15) is 0 Å². The van der Waals surface area contributed by atoms with Crippen molar-refractivity contribution in [2.45, 2.75) is 10.6 Å². The monoisotopic (exact) mass is 293 g/mol. The summed E-state index contributed by atoms with van der Waals surface area (Å²) in [5.74, 6) is 0.961. The van der Waals surface area contributed by atoms with Crippen molar-refractivity contribution in [2.24, 2.45) is 0 Å². The van der Waals surface area contributed by atoms with Gasteiger partial charge in [0.05, 0.1) is 0 Å². The van der Waals surface area contributed by atoms with Gasteiger partial charge in [0.25, 0.3) is 0 Å².